The second-order valence-electron chi connectivity index (χ2n) is 5.85. The fourth-order valence-electron chi connectivity index (χ4n) is 2.90. The molecule has 0 spiro atoms. The van der Waals surface area contributed by atoms with Gasteiger partial charge in [0.15, 0.2) is 0 Å². The topological polar surface area (TPSA) is 74.8 Å². The van der Waals surface area contributed by atoms with Gasteiger partial charge in [0.25, 0.3) is 0 Å². The second-order valence-corrected chi connectivity index (χ2v) is 8.16. The van der Waals surface area contributed by atoms with Gasteiger partial charge in [0.2, 0.25) is 0 Å². The van der Waals surface area contributed by atoms with Gasteiger partial charge in [-0.15, -0.1) is 0 Å². The van der Waals surface area contributed by atoms with Crippen LogP contribution in [0.5, 0.6) is 0 Å². The van der Waals surface area contributed by atoms with Gasteiger partial charge >= 0.3 is 0 Å². The van der Waals surface area contributed by atoms with Gasteiger partial charge in [-0.2, -0.15) is 0 Å². The quantitative estimate of drug-likeness (QED) is 0.883. The zero-order valence-corrected chi connectivity index (χ0v) is 13.2. The molecule has 1 atom stereocenters. The average Bonchev–Trinajstić information content (AvgIpc) is 3.04. The number of nitrogens with one attached hydrogen (secondary N) is 2. The summed E-state index contributed by atoms with van der Waals surface area (Å²) >= 11 is 0. The van der Waals surface area contributed by atoms with E-state index in [1.54, 1.807) is 6.33 Å². The lowest BCUT2D eigenvalue weighted by molar-refractivity contribution is 0.415. The predicted octanol–water partition coefficient (Wildman–Crippen LogP) is 1.91. The highest BCUT2D eigenvalue weighted by Crippen LogP contribution is 2.23. The molecule has 3 rings (SSSR count). The summed E-state index contributed by atoms with van der Waals surface area (Å²) in [7, 11) is -2.79. The number of benzene rings is 1. The first-order chi connectivity index (χ1) is 10.6. The van der Waals surface area contributed by atoms with Crippen molar-refractivity contribution in [3.8, 4) is 0 Å². The van der Waals surface area contributed by atoms with E-state index in [1.165, 1.54) is 5.56 Å². The van der Waals surface area contributed by atoms with Crippen molar-refractivity contribution in [3.05, 3.63) is 54.1 Å². The molecule has 1 fully saturated rings. The normalized spacial score (nSPS) is 19.8. The Morgan fingerprint density at radius 3 is 2.59 bits per heavy atom. The van der Waals surface area contributed by atoms with Crippen LogP contribution < -0.4 is 5.32 Å². The van der Waals surface area contributed by atoms with Crippen LogP contribution in [0.15, 0.2) is 42.9 Å². The first kappa shape index (κ1) is 15.2. The van der Waals surface area contributed by atoms with E-state index >= 15 is 0 Å². The van der Waals surface area contributed by atoms with E-state index in [1.807, 2.05) is 24.4 Å². The maximum atomic E-state index is 11.5. The van der Waals surface area contributed by atoms with Gasteiger partial charge in [-0.1, -0.05) is 30.3 Å². The number of rotatable bonds is 5. The molecule has 2 heterocycles. The molecule has 0 amide bonds. The van der Waals surface area contributed by atoms with E-state index in [9.17, 15) is 8.42 Å². The zero-order chi connectivity index (χ0) is 15.4. The Morgan fingerprint density at radius 2 is 1.95 bits per heavy atom. The summed E-state index contributed by atoms with van der Waals surface area (Å²) in [5.74, 6) is 1.05. The van der Waals surface area contributed by atoms with Gasteiger partial charge in [-0.3, -0.25) is 0 Å². The molecule has 1 unspecified atom stereocenters. The summed E-state index contributed by atoms with van der Waals surface area (Å²) in [6.45, 7) is 0.814. The summed E-state index contributed by atoms with van der Waals surface area (Å²) in [4.78, 5) is 7.27. The number of H-pyrrole nitrogens is 1. The molecule has 22 heavy (non-hydrogen) atoms. The Bertz CT molecular complexity index is 669. The number of aromatic amines is 1. The van der Waals surface area contributed by atoms with Crippen LogP contribution in [-0.2, 0) is 9.84 Å². The predicted molar refractivity (Wildman–Crippen MR) is 86.3 cm³/mol. The third-order valence-corrected chi connectivity index (χ3v) is 5.96. The number of imidazole rings is 1. The lowest BCUT2D eigenvalue weighted by Gasteiger charge is -2.25. The van der Waals surface area contributed by atoms with E-state index < -0.39 is 9.84 Å². The molecule has 0 radical (unpaired) electrons. The molecular weight excluding hydrogens is 298 g/mol. The molecule has 0 aliphatic carbocycles. The maximum Gasteiger partial charge on any atom is 0.150 e. The minimum atomic E-state index is -2.79. The minimum absolute atomic E-state index is 0.0576. The lowest BCUT2D eigenvalue weighted by Crippen LogP contribution is -2.33. The highest BCUT2D eigenvalue weighted by atomic mass is 32.2. The van der Waals surface area contributed by atoms with Gasteiger partial charge in [0.1, 0.15) is 9.84 Å². The zero-order valence-electron chi connectivity index (χ0n) is 12.4. The Labute approximate surface area is 131 Å². The van der Waals surface area contributed by atoms with Crippen molar-refractivity contribution in [1.29, 1.82) is 0 Å². The smallest absolute Gasteiger partial charge is 0.150 e. The Kier molecular flexibility index (Phi) is 4.59. The second kappa shape index (κ2) is 6.62. The number of hydrogen-bond donors (Lipinski definition) is 2. The monoisotopic (exact) mass is 319 g/mol. The number of hydrogen-bond acceptors (Lipinski definition) is 4. The van der Waals surface area contributed by atoms with Gasteiger partial charge in [-0.25, -0.2) is 13.4 Å². The van der Waals surface area contributed by atoms with Crippen LogP contribution in [0.1, 0.15) is 30.1 Å². The van der Waals surface area contributed by atoms with Crippen LogP contribution >= 0.6 is 0 Å². The number of aromatic nitrogens is 2. The number of nitrogens with zero attached hydrogens (tertiary/aromatic N) is 1. The molecule has 5 nitrogen and oxygen atoms in total. The molecular formula is C16H21N3O2S. The molecule has 1 aromatic heterocycles. The van der Waals surface area contributed by atoms with Crippen molar-refractivity contribution in [1.82, 2.24) is 15.3 Å². The molecule has 0 bridgehead atoms. The first-order valence-corrected chi connectivity index (χ1v) is 9.43. The fraction of sp³-hybridized carbons (Fsp3) is 0.438. The van der Waals surface area contributed by atoms with Crippen LogP contribution in [0.2, 0.25) is 0 Å². The first-order valence-electron chi connectivity index (χ1n) is 7.61. The van der Waals surface area contributed by atoms with E-state index in [4.69, 9.17) is 0 Å². The van der Waals surface area contributed by atoms with Gasteiger partial charge in [0.05, 0.1) is 29.6 Å². The third kappa shape index (κ3) is 3.75. The van der Waals surface area contributed by atoms with Crippen molar-refractivity contribution in [2.45, 2.75) is 18.9 Å². The molecule has 2 N–H and O–H groups in total. The minimum Gasteiger partial charge on any atom is -0.347 e. The largest absolute Gasteiger partial charge is 0.347 e. The Hall–Kier alpha value is -1.66. The van der Waals surface area contributed by atoms with Crippen LogP contribution in [0.4, 0.5) is 0 Å². The molecule has 2 aromatic rings. The molecule has 1 aliphatic heterocycles. The standard InChI is InChI=1S/C16H21N3O2S/c20-22(21)8-6-13(7-9-22)10-18-16(15-11-17-12-19-15)14-4-2-1-3-5-14/h1-5,11-13,16,18H,6-10H2,(H,17,19). The molecule has 1 saturated heterocycles. The Balaban J connectivity index is 1.67. The van der Waals surface area contributed by atoms with Crippen LogP contribution in [0.25, 0.3) is 0 Å². The highest BCUT2D eigenvalue weighted by Gasteiger charge is 2.24. The molecule has 6 heteroatoms. The van der Waals surface area contributed by atoms with E-state index in [-0.39, 0.29) is 6.04 Å². The highest BCUT2D eigenvalue weighted by molar-refractivity contribution is 7.91. The van der Waals surface area contributed by atoms with Crippen LogP contribution in [-0.4, -0.2) is 36.4 Å². The van der Waals surface area contributed by atoms with Crippen molar-refractivity contribution < 1.29 is 8.42 Å². The number of sulfone groups is 1. The molecule has 1 aliphatic rings. The summed E-state index contributed by atoms with van der Waals surface area (Å²) in [5, 5.41) is 3.57. The Morgan fingerprint density at radius 1 is 1.23 bits per heavy atom. The van der Waals surface area contributed by atoms with Crippen LogP contribution in [0, 0.1) is 5.92 Å². The average molecular weight is 319 g/mol. The van der Waals surface area contributed by atoms with Crippen molar-refractivity contribution in [2.75, 3.05) is 18.1 Å². The van der Waals surface area contributed by atoms with E-state index in [0.717, 1.165) is 25.1 Å². The van der Waals surface area contributed by atoms with Crippen LogP contribution in [0.3, 0.4) is 0 Å². The van der Waals surface area contributed by atoms with Gasteiger partial charge < -0.3 is 10.3 Å². The van der Waals surface area contributed by atoms with Gasteiger partial charge in [-0.05, 0) is 30.9 Å². The van der Waals surface area contributed by atoms with Gasteiger partial charge in [0, 0.05) is 6.20 Å². The fourth-order valence-corrected chi connectivity index (χ4v) is 4.49. The third-order valence-electron chi connectivity index (χ3n) is 4.25. The lowest BCUT2D eigenvalue weighted by atomic mass is 10.00. The van der Waals surface area contributed by atoms with Crippen molar-refractivity contribution in [2.24, 2.45) is 5.92 Å². The molecule has 118 valence electrons. The summed E-state index contributed by atoms with van der Waals surface area (Å²) in [6, 6.07) is 10.3. The summed E-state index contributed by atoms with van der Waals surface area (Å²) < 4.78 is 23.0. The van der Waals surface area contributed by atoms with E-state index in [0.29, 0.717) is 17.4 Å². The molecule has 0 saturated carbocycles. The maximum absolute atomic E-state index is 11.5. The summed E-state index contributed by atoms with van der Waals surface area (Å²) in [5.41, 5.74) is 2.20. The SMILES string of the molecule is O=S1(=O)CCC(CNC(c2ccccc2)c2cnc[nH]2)CC1. The van der Waals surface area contributed by atoms with Crippen molar-refractivity contribution in [3.63, 3.8) is 0 Å². The van der Waals surface area contributed by atoms with E-state index in [2.05, 4.69) is 27.4 Å². The summed E-state index contributed by atoms with van der Waals surface area (Å²) in [6.07, 6.45) is 5.01. The van der Waals surface area contributed by atoms with Crippen molar-refractivity contribution >= 4 is 9.84 Å². The molecule has 1 aromatic carbocycles.